The van der Waals surface area contributed by atoms with E-state index < -0.39 is 11.7 Å². The van der Waals surface area contributed by atoms with Gasteiger partial charge < -0.3 is 10.1 Å². The number of hydrogen-bond donors (Lipinski definition) is 1. The summed E-state index contributed by atoms with van der Waals surface area (Å²) < 4.78 is 44.6. The molecule has 0 bridgehead atoms. The molecule has 104 valence electrons. The molecule has 1 fully saturated rings. The number of anilines is 1. The van der Waals surface area contributed by atoms with Crippen molar-refractivity contribution >= 4 is 5.69 Å². The van der Waals surface area contributed by atoms with E-state index in [0.29, 0.717) is 18.9 Å². The van der Waals surface area contributed by atoms with Crippen LogP contribution in [0.2, 0.25) is 0 Å². The lowest BCUT2D eigenvalue weighted by atomic mass is 9.87. The third-order valence-corrected chi connectivity index (χ3v) is 4.17. The van der Waals surface area contributed by atoms with E-state index in [-0.39, 0.29) is 11.1 Å². The maximum atomic E-state index is 13.0. The van der Waals surface area contributed by atoms with E-state index in [1.54, 1.807) is 6.07 Å². The summed E-state index contributed by atoms with van der Waals surface area (Å²) in [7, 11) is 0. The van der Waals surface area contributed by atoms with Gasteiger partial charge in [-0.1, -0.05) is 18.9 Å². The summed E-state index contributed by atoms with van der Waals surface area (Å²) in [5.41, 5.74) is -0.541. The van der Waals surface area contributed by atoms with Crippen LogP contribution >= 0.6 is 0 Å². The first-order chi connectivity index (χ1) is 9.00. The number of benzene rings is 1. The smallest absolute Gasteiger partial charge is 0.418 e. The fourth-order valence-electron chi connectivity index (χ4n) is 3.07. The number of halogens is 3. The Balaban J connectivity index is 1.94. The van der Waals surface area contributed by atoms with Gasteiger partial charge in [-0.15, -0.1) is 0 Å². The zero-order valence-electron chi connectivity index (χ0n) is 10.5. The molecule has 1 aromatic rings. The second-order valence-corrected chi connectivity index (χ2v) is 5.53. The zero-order chi connectivity index (χ0) is 13.5. The van der Waals surface area contributed by atoms with E-state index in [1.165, 1.54) is 6.07 Å². The van der Waals surface area contributed by atoms with Crippen molar-refractivity contribution < 1.29 is 17.9 Å². The second-order valence-electron chi connectivity index (χ2n) is 5.53. The largest absolute Gasteiger partial charge is 0.491 e. The predicted octanol–water partition coefficient (Wildman–Crippen LogP) is 4.07. The van der Waals surface area contributed by atoms with Crippen molar-refractivity contribution in [3.8, 4) is 5.75 Å². The quantitative estimate of drug-likeness (QED) is 0.768. The van der Waals surface area contributed by atoms with E-state index in [2.05, 4.69) is 5.32 Å². The average molecular weight is 271 g/mol. The van der Waals surface area contributed by atoms with E-state index in [4.69, 9.17) is 4.74 Å². The number of para-hydroxylation sites is 1. The van der Waals surface area contributed by atoms with Crippen LogP contribution in [0.5, 0.6) is 5.75 Å². The van der Waals surface area contributed by atoms with Crippen molar-refractivity contribution in [3.63, 3.8) is 0 Å². The van der Waals surface area contributed by atoms with Gasteiger partial charge in [-0.2, -0.15) is 13.2 Å². The Labute approximate surface area is 109 Å². The normalized spacial score (nSPS) is 21.4. The van der Waals surface area contributed by atoms with Gasteiger partial charge in [0.05, 0.1) is 17.9 Å². The zero-order valence-corrected chi connectivity index (χ0v) is 10.5. The maximum Gasteiger partial charge on any atom is 0.418 e. The van der Waals surface area contributed by atoms with Gasteiger partial charge in [0.15, 0.2) is 0 Å². The van der Waals surface area contributed by atoms with Crippen LogP contribution in [0.4, 0.5) is 18.9 Å². The third kappa shape index (κ3) is 2.26. The summed E-state index contributed by atoms with van der Waals surface area (Å²) in [6, 6.07) is 4.10. The van der Waals surface area contributed by atoms with Gasteiger partial charge in [0.25, 0.3) is 0 Å². The summed E-state index contributed by atoms with van der Waals surface area (Å²) in [6.07, 6.45) is -0.0411. The molecule has 1 heterocycles. The van der Waals surface area contributed by atoms with Gasteiger partial charge >= 0.3 is 6.18 Å². The lowest BCUT2D eigenvalue weighted by Crippen LogP contribution is -2.31. The van der Waals surface area contributed by atoms with Crippen molar-refractivity contribution in [3.05, 3.63) is 23.8 Å². The molecular formula is C14H16F3NO. The summed E-state index contributed by atoms with van der Waals surface area (Å²) >= 11 is 0. The number of alkyl halides is 3. The SMILES string of the molecule is FC(F)(F)c1cccc2c1NCC1(CCCC1)CO2. The molecule has 1 aliphatic carbocycles. The van der Waals surface area contributed by atoms with Gasteiger partial charge in [0, 0.05) is 12.0 Å². The highest BCUT2D eigenvalue weighted by molar-refractivity contribution is 5.63. The average Bonchev–Trinajstić information content (AvgIpc) is 2.73. The standard InChI is InChI=1S/C14H16F3NO/c15-14(16,17)10-4-3-5-11-12(10)18-8-13(9-19-11)6-1-2-7-13/h3-5,18H,1-2,6-9H2. The Kier molecular flexibility index (Phi) is 2.87. The van der Waals surface area contributed by atoms with Crippen LogP contribution in [-0.2, 0) is 6.18 Å². The van der Waals surface area contributed by atoms with Crippen molar-refractivity contribution in [2.75, 3.05) is 18.5 Å². The monoisotopic (exact) mass is 271 g/mol. The van der Waals surface area contributed by atoms with Crippen LogP contribution in [-0.4, -0.2) is 13.2 Å². The molecule has 1 spiro atoms. The highest BCUT2D eigenvalue weighted by Gasteiger charge is 2.40. The molecule has 0 atom stereocenters. The summed E-state index contributed by atoms with van der Waals surface area (Å²) in [6.45, 7) is 1.07. The lowest BCUT2D eigenvalue weighted by Gasteiger charge is -2.26. The number of hydrogen-bond acceptors (Lipinski definition) is 2. The van der Waals surface area contributed by atoms with E-state index in [9.17, 15) is 13.2 Å². The van der Waals surface area contributed by atoms with E-state index >= 15 is 0 Å². The number of rotatable bonds is 0. The Morgan fingerprint density at radius 1 is 1.16 bits per heavy atom. The van der Waals surface area contributed by atoms with Crippen molar-refractivity contribution in [2.45, 2.75) is 31.9 Å². The molecule has 1 aliphatic heterocycles. The molecule has 3 rings (SSSR count). The molecule has 0 saturated heterocycles. The fourth-order valence-corrected chi connectivity index (χ4v) is 3.07. The molecule has 0 aromatic heterocycles. The van der Waals surface area contributed by atoms with Crippen molar-refractivity contribution in [1.29, 1.82) is 0 Å². The minimum atomic E-state index is -4.35. The summed E-state index contributed by atoms with van der Waals surface area (Å²) in [5, 5.41) is 2.99. The topological polar surface area (TPSA) is 21.3 Å². The van der Waals surface area contributed by atoms with Crippen molar-refractivity contribution in [1.82, 2.24) is 0 Å². The summed E-state index contributed by atoms with van der Waals surface area (Å²) in [5.74, 6) is 0.318. The molecule has 1 N–H and O–H groups in total. The van der Waals surface area contributed by atoms with Crippen LogP contribution in [0, 0.1) is 5.41 Å². The highest BCUT2D eigenvalue weighted by atomic mass is 19.4. The molecule has 0 unspecified atom stereocenters. The number of nitrogens with one attached hydrogen (secondary N) is 1. The molecule has 0 amide bonds. The van der Waals surface area contributed by atoms with Crippen LogP contribution in [0.3, 0.4) is 0 Å². The van der Waals surface area contributed by atoms with Crippen LogP contribution < -0.4 is 10.1 Å². The summed E-state index contributed by atoms with van der Waals surface area (Å²) in [4.78, 5) is 0. The first kappa shape index (κ1) is 12.6. The maximum absolute atomic E-state index is 13.0. The lowest BCUT2D eigenvalue weighted by molar-refractivity contribution is -0.137. The van der Waals surface area contributed by atoms with Crippen LogP contribution in [0.25, 0.3) is 0 Å². The molecule has 2 nitrogen and oxygen atoms in total. The second kappa shape index (κ2) is 4.32. The first-order valence-corrected chi connectivity index (χ1v) is 6.57. The minimum absolute atomic E-state index is 0.00187. The molecule has 0 radical (unpaired) electrons. The number of ether oxygens (including phenoxy) is 1. The van der Waals surface area contributed by atoms with E-state index in [0.717, 1.165) is 31.7 Å². The van der Waals surface area contributed by atoms with Gasteiger partial charge in [0.1, 0.15) is 5.75 Å². The Morgan fingerprint density at radius 2 is 1.89 bits per heavy atom. The van der Waals surface area contributed by atoms with E-state index in [1.807, 2.05) is 0 Å². The van der Waals surface area contributed by atoms with Gasteiger partial charge in [-0.05, 0) is 25.0 Å². The Morgan fingerprint density at radius 3 is 2.58 bits per heavy atom. The molecular weight excluding hydrogens is 255 g/mol. The third-order valence-electron chi connectivity index (χ3n) is 4.17. The minimum Gasteiger partial charge on any atom is -0.491 e. The molecule has 1 aromatic carbocycles. The Hall–Kier alpha value is -1.39. The number of fused-ring (bicyclic) bond motifs is 1. The van der Waals surface area contributed by atoms with Gasteiger partial charge in [-0.25, -0.2) is 0 Å². The Bertz CT molecular complexity index is 478. The van der Waals surface area contributed by atoms with Crippen LogP contribution in [0.1, 0.15) is 31.2 Å². The highest BCUT2D eigenvalue weighted by Crippen LogP contribution is 2.45. The molecule has 5 heteroatoms. The first-order valence-electron chi connectivity index (χ1n) is 6.57. The fraction of sp³-hybridized carbons (Fsp3) is 0.571. The van der Waals surface area contributed by atoms with Gasteiger partial charge in [-0.3, -0.25) is 0 Å². The predicted molar refractivity (Wildman–Crippen MR) is 66.3 cm³/mol. The molecule has 1 saturated carbocycles. The van der Waals surface area contributed by atoms with Gasteiger partial charge in [0.2, 0.25) is 0 Å². The molecule has 2 aliphatic rings. The van der Waals surface area contributed by atoms with Crippen molar-refractivity contribution in [2.24, 2.45) is 5.41 Å². The van der Waals surface area contributed by atoms with Crippen LogP contribution in [0.15, 0.2) is 18.2 Å². The molecule has 19 heavy (non-hydrogen) atoms.